The lowest BCUT2D eigenvalue weighted by atomic mass is 10.0. The number of likely N-dealkylation sites (tertiary alicyclic amines) is 1. The molecule has 2 amide bonds. The van der Waals surface area contributed by atoms with E-state index in [0.29, 0.717) is 23.4 Å². The van der Waals surface area contributed by atoms with Crippen LogP contribution in [0, 0.1) is 17.8 Å². The van der Waals surface area contributed by atoms with E-state index in [1.165, 1.54) is 0 Å². The smallest absolute Gasteiger partial charge is 0.254 e. The molecule has 1 heterocycles. The van der Waals surface area contributed by atoms with Crippen molar-refractivity contribution in [1.82, 2.24) is 4.90 Å². The average molecular weight is 314 g/mol. The second kappa shape index (κ2) is 6.34. The highest BCUT2D eigenvalue weighted by molar-refractivity contribution is 5.98. The zero-order chi connectivity index (χ0) is 16.6. The van der Waals surface area contributed by atoms with E-state index < -0.39 is 0 Å². The zero-order valence-corrected chi connectivity index (χ0v) is 14.2. The van der Waals surface area contributed by atoms with Gasteiger partial charge in [0.05, 0.1) is 0 Å². The third-order valence-corrected chi connectivity index (χ3v) is 5.15. The molecule has 1 saturated carbocycles. The summed E-state index contributed by atoms with van der Waals surface area (Å²) >= 11 is 0. The van der Waals surface area contributed by atoms with E-state index in [4.69, 9.17) is 0 Å². The van der Waals surface area contributed by atoms with Crippen molar-refractivity contribution in [1.29, 1.82) is 0 Å². The SMILES string of the molecule is CC(C)[C@@H]1CCCN1C(=O)c1cccc(NC(=O)[C@@H]2C[C@@H]2C)c1. The highest BCUT2D eigenvalue weighted by Crippen LogP contribution is 2.38. The first-order chi connectivity index (χ1) is 11.0. The van der Waals surface area contributed by atoms with Gasteiger partial charge in [0.2, 0.25) is 5.91 Å². The molecule has 23 heavy (non-hydrogen) atoms. The summed E-state index contributed by atoms with van der Waals surface area (Å²) in [4.78, 5) is 26.9. The summed E-state index contributed by atoms with van der Waals surface area (Å²) in [5.74, 6) is 1.25. The summed E-state index contributed by atoms with van der Waals surface area (Å²) < 4.78 is 0. The first-order valence-corrected chi connectivity index (χ1v) is 8.69. The van der Waals surface area contributed by atoms with Crippen LogP contribution in [0.2, 0.25) is 0 Å². The Morgan fingerprint density at radius 2 is 2.04 bits per heavy atom. The van der Waals surface area contributed by atoms with Crippen molar-refractivity contribution in [3.63, 3.8) is 0 Å². The van der Waals surface area contributed by atoms with Gasteiger partial charge in [-0.15, -0.1) is 0 Å². The number of carbonyl (C=O) groups is 2. The lowest BCUT2D eigenvalue weighted by Crippen LogP contribution is -2.38. The monoisotopic (exact) mass is 314 g/mol. The molecule has 1 aromatic carbocycles. The number of hydrogen-bond donors (Lipinski definition) is 1. The van der Waals surface area contributed by atoms with Crippen LogP contribution in [-0.2, 0) is 4.79 Å². The molecule has 0 bridgehead atoms. The quantitative estimate of drug-likeness (QED) is 0.924. The summed E-state index contributed by atoms with van der Waals surface area (Å²) in [6.07, 6.45) is 3.12. The Morgan fingerprint density at radius 1 is 1.30 bits per heavy atom. The number of hydrogen-bond acceptors (Lipinski definition) is 2. The normalized spacial score (nSPS) is 26.4. The second-order valence-corrected chi connectivity index (χ2v) is 7.34. The molecule has 1 N–H and O–H groups in total. The number of benzene rings is 1. The Morgan fingerprint density at radius 3 is 2.70 bits per heavy atom. The lowest BCUT2D eigenvalue weighted by molar-refractivity contribution is -0.117. The fourth-order valence-corrected chi connectivity index (χ4v) is 3.56. The molecule has 1 aliphatic heterocycles. The Bertz CT molecular complexity index is 611. The van der Waals surface area contributed by atoms with E-state index in [9.17, 15) is 9.59 Å². The molecule has 124 valence electrons. The van der Waals surface area contributed by atoms with Crippen LogP contribution in [-0.4, -0.2) is 29.3 Å². The van der Waals surface area contributed by atoms with Crippen LogP contribution in [0.4, 0.5) is 5.69 Å². The van der Waals surface area contributed by atoms with E-state index in [1.807, 2.05) is 29.2 Å². The third-order valence-electron chi connectivity index (χ3n) is 5.15. The molecule has 2 fully saturated rings. The van der Waals surface area contributed by atoms with E-state index in [-0.39, 0.29) is 17.7 Å². The minimum absolute atomic E-state index is 0.0725. The van der Waals surface area contributed by atoms with Gasteiger partial charge in [-0.25, -0.2) is 0 Å². The minimum Gasteiger partial charge on any atom is -0.335 e. The predicted molar refractivity (Wildman–Crippen MR) is 91.2 cm³/mol. The van der Waals surface area contributed by atoms with Crippen molar-refractivity contribution in [2.45, 2.75) is 46.1 Å². The van der Waals surface area contributed by atoms with Crippen LogP contribution in [0.25, 0.3) is 0 Å². The van der Waals surface area contributed by atoms with Crippen LogP contribution in [0.5, 0.6) is 0 Å². The van der Waals surface area contributed by atoms with Crippen LogP contribution >= 0.6 is 0 Å². The van der Waals surface area contributed by atoms with Gasteiger partial charge in [0, 0.05) is 29.8 Å². The predicted octanol–water partition coefficient (Wildman–Crippen LogP) is 3.54. The summed E-state index contributed by atoms with van der Waals surface area (Å²) in [6.45, 7) is 7.26. The largest absolute Gasteiger partial charge is 0.335 e. The summed E-state index contributed by atoms with van der Waals surface area (Å²) in [6, 6.07) is 7.68. The van der Waals surface area contributed by atoms with E-state index in [2.05, 4.69) is 26.1 Å². The number of rotatable bonds is 4. The molecule has 4 nitrogen and oxygen atoms in total. The number of nitrogens with zero attached hydrogens (tertiary/aromatic N) is 1. The minimum atomic E-state index is 0.0725. The van der Waals surface area contributed by atoms with E-state index in [1.54, 1.807) is 0 Å². The van der Waals surface area contributed by atoms with Crippen molar-refractivity contribution in [3.8, 4) is 0 Å². The number of carbonyl (C=O) groups excluding carboxylic acids is 2. The Hall–Kier alpha value is -1.84. The van der Waals surface area contributed by atoms with Gasteiger partial charge in [0.15, 0.2) is 0 Å². The first kappa shape index (κ1) is 16.0. The molecule has 1 aliphatic carbocycles. The molecular formula is C19H26N2O2. The molecule has 2 aliphatic rings. The van der Waals surface area contributed by atoms with Crippen molar-refractivity contribution < 1.29 is 9.59 Å². The molecule has 0 radical (unpaired) electrons. The fourth-order valence-electron chi connectivity index (χ4n) is 3.56. The van der Waals surface area contributed by atoms with Gasteiger partial charge in [-0.1, -0.05) is 26.8 Å². The fraction of sp³-hybridized carbons (Fsp3) is 0.579. The van der Waals surface area contributed by atoms with Crippen molar-refractivity contribution in [3.05, 3.63) is 29.8 Å². The Labute approximate surface area is 138 Å². The van der Waals surface area contributed by atoms with E-state index in [0.717, 1.165) is 31.5 Å². The average Bonchev–Trinajstić information content (AvgIpc) is 3.06. The van der Waals surface area contributed by atoms with Crippen LogP contribution in [0.15, 0.2) is 24.3 Å². The van der Waals surface area contributed by atoms with E-state index >= 15 is 0 Å². The van der Waals surface area contributed by atoms with Gasteiger partial charge in [-0.05, 0) is 49.3 Å². The number of anilines is 1. The van der Waals surface area contributed by atoms with Crippen LogP contribution in [0.1, 0.15) is 50.4 Å². The second-order valence-electron chi connectivity index (χ2n) is 7.34. The summed E-state index contributed by atoms with van der Waals surface area (Å²) in [5.41, 5.74) is 1.39. The zero-order valence-electron chi connectivity index (χ0n) is 14.2. The van der Waals surface area contributed by atoms with Gasteiger partial charge in [0.1, 0.15) is 0 Å². The summed E-state index contributed by atoms with van der Waals surface area (Å²) in [5, 5.41) is 2.94. The maximum Gasteiger partial charge on any atom is 0.254 e. The maximum atomic E-state index is 12.8. The van der Waals surface area contributed by atoms with Crippen molar-refractivity contribution >= 4 is 17.5 Å². The topological polar surface area (TPSA) is 49.4 Å². The molecule has 3 rings (SSSR count). The lowest BCUT2D eigenvalue weighted by Gasteiger charge is -2.28. The molecule has 0 spiro atoms. The highest BCUT2D eigenvalue weighted by atomic mass is 16.2. The van der Waals surface area contributed by atoms with Gasteiger partial charge < -0.3 is 10.2 Å². The summed E-state index contributed by atoms with van der Waals surface area (Å²) in [7, 11) is 0. The van der Waals surface area contributed by atoms with Gasteiger partial charge in [0.25, 0.3) is 5.91 Å². The van der Waals surface area contributed by atoms with Gasteiger partial charge in [-0.2, -0.15) is 0 Å². The molecular weight excluding hydrogens is 288 g/mol. The number of nitrogens with one attached hydrogen (secondary N) is 1. The van der Waals surface area contributed by atoms with Crippen molar-refractivity contribution in [2.75, 3.05) is 11.9 Å². The van der Waals surface area contributed by atoms with Gasteiger partial charge >= 0.3 is 0 Å². The maximum absolute atomic E-state index is 12.8. The van der Waals surface area contributed by atoms with Crippen LogP contribution in [0.3, 0.4) is 0 Å². The molecule has 0 unspecified atom stereocenters. The molecule has 3 atom stereocenters. The Kier molecular flexibility index (Phi) is 4.42. The molecule has 1 saturated heterocycles. The van der Waals surface area contributed by atoms with Crippen molar-refractivity contribution in [2.24, 2.45) is 17.8 Å². The Balaban J connectivity index is 1.71. The molecule has 0 aromatic heterocycles. The first-order valence-electron chi connectivity index (χ1n) is 8.69. The molecule has 1 aromatic rings. The third kappa shape index (κ3) is 3.41. The van der Waals surface area contributed by atoms with Crippen LogP contribution < -0.4 is 5.32 Å². The number of amides is 2. The van der Waals surface area contributed by atoms with Gasteiger partial charge in [-0.3, -0.25) is 9.59 Å². The standard InChI is InChI=1S/C19H26N2O2/c1-12(2)17-8-5-9-21(17)19(23)14-6-4-7-15(11-14)20-18(22)16-10-13(16)3/h4,6-7,11-13,16-17H,5,8-10H2,1-3H3,(H,20,22)/t13-,16+,17-/m0/s1. The highest BCUT2D eigenvalue weighted by Gasteiger charge is 2.39. The molecule has 4 heteroatoms.